The van der Waals surface area contributed by atoms with E-state index in [1.807, 2.05) is 6.92 Å². The minimum Gasteiger partial charge on any atom is -0.495 e. The molecule has 0 aliphatic heterocycles. The van der Waals surface area contributed by atoms with Crippen molar-refractivity contribution >= 4 is 33.1 Å². The number of methoxy groups -OCH3 is 1. The summed E-state index contributed by atoms with van der Waals surface area (Å²) in [6.07, 6.45) is 3.21. The first-order valence-electron chi connectivity index (χ1n) is 6.87. The Morgan fingerprint density at radius 2 is 2.04 bits per heavy atom. The fraction of sp³-hybridized carbons (Fsp3) is 0.214. The topological polar surface area (TPSA) is 98.5 Å². The summed E-state index contributed by atoms with van der Waals surface area (Å²) >= 11 is 6.20. The largest absolute Gasteiger partial charge is 0.495 e. The zero-order valence-electron chi connectivity index (χ0n) is 13.1. The van der Waals surface area contributed by atoms with E-state index < -0.39 is 15.2 Å². The summed E-state index contributed by atoms with van der Waals surface area (Å²) in [6, 6.07) is 3.36. The van der Waals surface area contributed by atoms with Crippen molar-refractivity contribution in [2.45, 2.75) is 19.0 Å². The number of fused-ring (bicyclic) bond motifs is 1. The highest BCUT2D eigenvalue weighted by Crippen LogP contribution is 2.36. The second-order valence-electron chi connectivity index (χ2n) is 5.15. The van der Waals surface area contributed by atoms with Crippen LogP contribution in [0, 0.1) is 13.8 Å². The summed E-state index contributed by atoms with van der Waals surface area (Å²) in [5.41, 5.74) is 1.67. The number of benzene rings is 1. The Hall–Kier alpha value is -2.39. The van der Waals surface area contributed by atoms with Gasteiger partial charge in [-0.3, -0.25) is 4.72 Å². The molecule has 0 saturated heterocycles. The Kier molecular flexibility index (Phi) is 4.06. The van der Waals surface area contributed by atoms with E-state index in [0.29, 0.717) is 11.3 Å². The first-order valence-corrected chi connectivity index (χ1v) is 8.73. The Balaban J connectivity index is 2.06. The minimum absolute atomic E-state index is 0.141. The van der Waals surface area contributed by atoms with Gasteiger partial charge in [-0.1, -0.05) is 17.7 Å². The predicted molar refractivity (Wildman–Crippen MR) is 89.1 cm³/mol. The summed E-state index contributed by atoms with van der Waals surface area (Å²) in [5.74, 6) is 0.482. The number of rotatable bonds is 4. The van der Waals surface area contributed by atoms with Crippen LogP contribution in [0.1, 0.15) is 11.1 Å². The van der Waals surface area contributed by atoms with Crippen LogP contribution in [0.5, 0.6) is 5.75 Å². The zero-order valence-corrected chi connectivity index (χ0v) is 14.7. The normalized spacial score (nSPS) is 11.7. The van der Waals surface area contributed by atoms with Crippen LogP contribution in [0.2, 0.25) is 5.02 Å². The van der Waals surface area contributed by atoms with Gasteiger partial charge in [-0.15, -0.1) is 5.10 Å². The van der Waals surface area contributed by atoms with E-state index in [2.05, 4.69) is 19.8 Å². The molecule has 0 fully saturated rings. The van der Waals surface area contributed by atoms with Crippen molar-refractivity contribution in [3.8, 4) is 5.75 Å². The van der Waals surface area contributed by atoms with Crippen molar-refractivity contribution in [2.24, 2.45) is 0 Å². The molecule has 0 amide bonds. The number of hydrogen-bond acceptors (Lipinski definition) is 6. The van der Waals surface area contributed by atoms with Crippen molar-refractivity contribution in [3.05, 3.63) is 40.7 Å². The molecule has 8 nitrogen and oxygen atoms in total. The van der Waals surface area contributed by atoms with Crippen LogP contribution in [0.25, 0.3) is 5.78 Å². The van der Waals surface area contributed by atoms with Crippen molar-refractivity contribution in [1.82, 2.24) is 19.6 Å². The molecule has 0 bridgehead atoms. The smallest absolute Gasteiger partial charge is 0.299 e. The Bertz CT molecular complexity index is 1030. The monoisotopic (exact) mass is 367 g/mol. The first-order chi connectivity index (χ1) is 11.3. The lowest BCUT2D eigenvalue weighted by Gasteiger charge is -2.13. The summed E-state index contributed by atoms with van der Waals surface area (Å²) in [4.78, 5) is 7.97. The van der Waals surface area contributed by atoms with Crippen LogP contribution in [0.15, 0.2) is 29.7 Å². The third-order valence-electron chi connectivity index (χ3n) is 3.30. The summed E-state index contributed by atoms with van der Waals surface area (Å²) in [5, 5.41) is 3.80. The van der Waals surface area contributed by atoms with Crippen LogP contribution < -0.4 is 9.46 Å². The SMILES string of the molecule is COc1ccc(C)c(Cl)c1NS(=O)(=O)c1nc2ncc(C)cn2n1. The number of nitrogens with one attached hydrogen (secondary N) is 1. The molecule has 2 aromatic heterocycles. The van der Waals surface area contributed by atoms with Gasteiger partial charge in [0.05, 0.1) is 12.1 Å². The van der Waals surface area contributed by atoms with E-state index in [-0.39, 0.29) is 16.5 Å². The number of ether oxygens (including phenoxy) is 1. The lowest BCUT2D eigenvalue weighted by molar-refractivity contribution is 0.417. The second-order valence-corrected chi connectivity index (χ2v) is 7.10. The highest BCUT2D eigenvalue weighted by atomic mass is 35.5. The molecule has 10 heteroatoms. The Morgan fingerprint density at radius 1 is 1.29 bits per heavy atom. The van der Waals surface area contributed by atoms with Gasteiger partial charge < -0.3 is 4.74 Å². The summed E-state index contributed by atoms with van der Waals surface area (Å²) in [7, 11) is -2.63. The molecular formula is C14H14ClN5O3S. The summed E-state index contributed by atoms with van der Waals surface area (Å²) < 4.78 is 34.1. The molecule has 24 heavy (non-hydrogen) atoms. The van der Waals surface area contributed by atoms with Crippen molar-refractivity contribution in [2.75, 3.05) is 11.8 Å². The van der Waals surface area contributed by atoms with Crippen molar-refractivity contribution in [3.63, 3.8) is 0 Å². The second kappa shape index (κ2) is 5.91. The molecule has 126 valence electrons. The van der Waals surface area contributed by atoms with Crippen LogP contribution in [0.3, 0.4) is 0 Å². The molecule has 0 aliphatic carbocycles. The molecule has 2 heterocycles. The van der Waals surface area contributed by atoms with Gasteiger partial charge in [0.15, 0.2) is 0 Å². The number of nitrogens with zero attached hydrogens (tertiary/aromatic N) is 4. The number of aromatic nitrogens is 4. The zero-order chi connectivity index (χ0) is 17.5. The quantitative estimate of drug-likeness (QED) is 0.759. The third kappa shape index (κ3) is 2.87. The maximum absolute atomic E-state index is 12.6. The Morgan fingerprint density at radius 3 is 2.75 bits per heavy atom. The fourth-order valence-electron chi connectivity index (χ4n) is 2.08. The lowest BCUT2D eigenvalue weighted by Crippen LogP contribution is -2.16. The average molecular weight is 368 g/mol. The molecule has 1 N–H and O–H groups in total. The van der Waals surface area contributed by atoms with Gasteiger partial charge in [0.25, 0.3) is 21.0 Å². The van der Waals surface area contributed by atoms with E-state index in [1.54, 1.807) is 31.5 Å². The van der Waals surface area contributed by atoms with E-state index in [4.69, 9.17) is 16.3 Å². The van der Waals surface area contributed by atoms with Crippen molar-refractivity contribution in [1.29, 1.82) is 0 Å². The van der Waals surface area contributed by atoms with Gasteiger partial charge in [-0.25, -0.2) is 9.50 Å². The van der Waals surface area contributed by atoms with E-state index in [0.717, 1.165) is 5.56 Å². The van der Waals surface area contributed by atoms with Gasteiger partial charge in [-0.05, 0) is 31.0 Å². The molecule has 0 aliphatic rings. The number of hydrogen-bond donors (Lipinski definition) is 1. The first kappa shape index (κ1) is 16.5. The standard InChI is InChI=1S/C14H14ClN5O3S/c1-8-6-16-13-17-14(18-20(13)7-8)24(21,22)19-12-10(23-3)5-4-9(2)11(12)15/h4-7,19H,1-3H3. The maximum atomic E-state index is 12.6. The minimum atomic E-state index is -4.06. The lowest BCUT2D eigenvalue weighted by atomic mass is 10.2. The van der Waals surface area contributed by atoms with Crippen molar-refractivity contribution < 1.29 is 13.2 Å². The molecule has 1 aromatic carbocycles. The number of aryl methyl sites for hydroxylation is 2. The maximum Gasteiger partial charge on any atom is 0.299 e. The number of halogens is 1. The number of sulfonamides is 1. The van der Waals surface area contributed by atoms with E-state index >= 15 is 0 Å². The predicted octanol–water partition coefficient (Wildman–Crippen LogP) is 2.20. The number of anilines is 1. The van der Waals surface area contributed by atoms with Crippen LogP contribution >= 0.6 is 11.6 Å². The van der Waals surface area contributed by atoms with Crippen LogP contribution in [-0.2, 0) is 10.0 Å². The fourth-order valence-corrected chi connectivity index (χ4v) is 3.30. The third-order valence-corrected chi connectivity index (χ3v) is 4.91. The molecular weight excluding hydrogens is 354 g/mol. The molecule has 0 unspecified atom stereocenters. The average Bonchev–Trinajstić information content (AvgIpc) is 2.96. The molecule has 0 atom stereocenters. The van der Waals surface area contributed by atoms with Crippen LogP contribution in [-0.4, -0.2) is 35.1 Å². The van der Waals surface area contributed by atoms with Gasteiger partial charge in [0.2, 0.25) is 0 Å². The molecule has 0 radical (unpaired) electrons. The van der Waals surface area contributed by atoms with E-state index in [9.17, 15) is 8.42 Å². The highest BCUT2D eigenvalue weighted by Gasteiger charge is 2.24. The molecule has 0 saturated carbocycles. The van der Waals surface area contributed by atoms with Gasteiger partial charge in [-0.2, -0.15) is 13.4 Å². The van der Waals surface area contributed by atoms with Gasteiger partial charge >= 0.3 is 0 Å². The van der Waals surface area contributed by atoms with Gasteiger partial charge in [0, 0.05) is 12.4 Å². The molecule has 3 rings (SSSR count). The van der Waals surface area contributed by atoms with Crippen LogP contribution in [0.4, 0.5) is 5.69 Å². The highest BCUT2D eigenvalue weighted by molar-refractivity contribution is 7.92. The van der Waals surface area contributed by atoms with Gasteiger partial charge in [0.1, 0.15) is 11.4 Å². The van der Waals surface area contributed by atoms with E-state index in [1.165, 1.54) is 11.6 Å². The Labute approximate surface area is 143 Å². The molecule has 0 spiro atoms. The molecule has 3 aromatic rings. The summed E-state index contributed by atoms with van der Waals surface area (Å²) in [6.45, 7) is 3.58.